The van der Waals surface area contributed by atoms with Gasteiger partial charge < -0.3 is 5.32 Å². The number of carbonyl (C=O) groups is 2. The summed E-state index contributed by atoms with van der Waals surface area (Å²) in [6.45, 7) is 8.09. The van der Waals surface area contributed by atoms with Crippen molar-refractivity contribution in [2.24, 2.45) is 5.41 Å². The molecule has 6 heteroatoms. The number of fused-ring (bicyclic) bond motifs is 1. The molecule has 156 valence electrons. The quantitative estimate of drug-likeness (QED) is 0.601. The number of ketones is 1. The van der Waals surface area contributed by atoms with E-state index in [-0.39, 0.29) is 29.6 Å². The lowest BCUT2D eigenvalue weighted by Gasteiger charge is -2.36. The number of Topliss-reactive ketones (excluding diaryl/α,β-unsaturated/α-hetero) is 1. The zero-order valence-electron chi connectivity index (χ0n) is 17.9. The zero-order chi connectivity index (χ0) is 21.5. The smallest absolute Gasteiger partial charge is 0.224 e. The first-order valence-electron chi connectivity index (χ1n) is 10.2. The lowest BCUT2D eigenvalue weighted by atomic mass is 9.74. The number of thiophene rings is 1. The van der Waals surface area contributed by atoms with Gasteiger partial charge in [-0.3, -0.25) is 9.59 Å². The SMILES string of the molecule is CC(=O)c1cc(CC(=O)N[C@@H]2CC(C)(C)Cc3c2cnn3-c2ccc(C)cc2)cs1. The van der Waals surface area contributed by atoms with Gasteiger partial charge in [0.1, 0.15) is 0 Å². The molecule has 3 aromatic rings. The Morgan fingerprint density at radius 2 is 2.00 bits per heavy atom. The Balaban J connectivity index is 1.56. The van der Waals surface area contributed by atoms with Crippen molar-refractivity contribution >= 4 is 23.0 Å². The van der Waals surface area contributed by atoms with Gasteiger partial charge in [-0.1, -0.05) is 31.5 Å². The maximum atomic E-state index is 12.8. The molecule has 0 radical (unpaired) electrons. The van der Waals surface area contributed by atoms with E-state index in [0.717, 1.165) is 35.3 Å². The second kappa shape index (κ2) is 7.84. The van der Waals surface area contributed by atoms with Gasteiger partial charge in [-0.05, 0) is 61.2 Å². The van der Waals surface area contributed by atoms with E-state index in [9.17, 15) is 9.59 Å². The molecule has 5 nitrogen and oxygen atoms in total. The third kappa shape index (κ3) is 4.24. The number of benzene rings is 1. The molecule has 0 unspecified atom stereocenters. The van der Waals surface area contributed by atoms with E-state index in [1.54, 1.807) is 6.92 Å². The molecule has 1 aliphatic carbocycles. The van der Waals surface area contributed by atoms with Crippen LogP contribution in [0.3, 0.4) is 0 Å². The topological polar surface area (TPSA) is 64.0 Å². The molecular formula is C24H27N3O2S. The van der Waals surface area contributed by atoms with E-state index in [0.29, 0.717) is 4.88 Å². The molecule has 2 heterocycles. The monoisotopic (exact) mass is 421 g/mol. The van der Waals surface area contributed by atoms with Crippen LogP contribution in [-0.4, -0.2) is 21.5 Å². The van der Waals surface area contributed by atoms with Crippen LogP contribution in [0.4, 0.5) is 0 Å². The first-order chi connectivity index (χ1) is 14.2. The summed E-state index contributed by atoms with van der Waals surface area (Å²) in [4.78, 5) is 25.0. The highest BCUT2D eigenvalue weighted by Crippen LogP contribution is 2.41. The predicted molar refractivity (Wildman–Crippen MR) is 119 cm³/mol. The second-order valence-corrected chi connectivity index (χ2v) is 9.92. The highest BCUT2D eigenvalue weighted by atomic mass is 32.1. The average Bonchev–Trinajstić information content (AvgIpc) is 3.29. The number of carbonyl (C=O) groups excluding carboxylic acids is 2. The van der Waals surface area contributed by atoms with Crippen molar-refractivity contribution in [1.82, 2.24) is 15.1 Å². The molecule has 2 aromatic heterocycles. The normalized spacial score (nSPS) is 17.4. The van der Waals surface area contributed by atoms with Crippen LogP contribution in [0.5, 0.6) is 0 Å². The molecule has 1 aliphatic rings. The Kier molecular flexibility index (Phi) is 5.36. The average molecular weight is 422 g/mol. The number of nitrogens with one attached hydrogen (secondary N) is 1. The molecule has 0 saturated heterocycles. The molecule has 0 aliphatic heterocycles. The van der Waals surface area contributed by atoms with E-state index in [1.807, 2.05) is 22.3 Å². The fraction of sp³-hybridized carbons (Fsp3) is 0.375. The summed E-state index contributed by atoms with van der Waals surface area (Å²) >= 11 is 1.39. The van der Waals surface area contributed by atoms with Crippen molar-refractivity contribution in [3.63, 3.8) is 0 Å². The molecule has 1 aromatic carbocycles. The maximum absolute atomic E-state index is 12.8. The van der Waals surface area contributed by atoms with Gasteiger partial charge in [0.2, 0.25) is 5.91 Å². The summed E-state index contributed by atoms with van der Waals surface area (Å²) in [6, 6.07) is 10.1. The van der Waals surface area contributed by atoms with Gasteiger partial charge in [0.05, 0.1) is 34.9 Å². The van der Waals surface area contributed by atoms with Crippen molar-refractivity contribution in [2.45, 2.75) is 53.0 Å². The summed E-state index contributed by atoms with van der Waals surface area (Å²) < 4.78 is 2.01. The molecule has 0 spiro atoms. The second-order valence-electron chi connectivity index (χ2n) is 9.01. The van der Waals surface area contributed by atoms with Crippen LogP contribution in [0, 0.1) is 12.3 Å². The Morgan fingerprint density at radius 1 is 1.27 bits per heavy atom. The van der Waals surface area contributed by atoms with Crippen molar-refractivity contribution in [1.29, 1.82) is 0 Å². The predicted octanol–water partition coefficient (Wildman–Crippen LogP) is 4.82. The summed E-state index contributed by atoms with van der Waals surface area (Å²) in [5, 5.41) is 9.77. The summed E-state index contributed by atoms with van der Waals surface area (Å²) in [5.74, 6) is 0.00786. The minimum Gasteiger partial charge on any atom is -0.349 e. The number of hydrogen-bond donors (Lipinski definition) is 1. The Morgan fingerprint density at radius 3 is 2.67 bits per heavy atom. The molecule has 0 bridgehead atoms. The Hall–Kier alpha value is -2.73. The van der Waals surface area contributed by atoms with Gasteiger partial charge in [-0.15, -0.1) is 11.3 Å². The minimum absolute atomic E-state index is 0.0281. The number of aryl methyl sites for hydroxylation is 1. The third-order valence-electron chi connectivity index (χ3n) is 5.66. The van der Waals surface area contributed by atoms with E-state index in [4.69, 9.17) is 0 Å². The lowest BCUT2D eigenvalue weighted by Crippen LogP contribution is -2.37. The summed E-state index contributed by atoms with van der Waals surface area (Å²) in [6.07, 6.45) is 3.96. The largest absolute Gasteiger partial charge is 0.349 e. The third-order valence-corrected chi connectivity index (χ3v) is 6.74. The number of rotatable bonds is 5. The van der Waals surface area contributed by atoms with Crippen molar-refractivity contribution < 1.29 is 9.59 Å². The van der Waals surface area contributed by atoms with E-state index in [2.05, 4.69) is 55.5 Å². The number of aromatic nitrogens is 2. The van der Waals surface area contributed by atoms with Gasteiger partial charge in [-0.25, -0.2) is 4.68 Å². The first kappa shape index (κ1) is 20.5. The van der Waals surface area contributed by atoms with E-state index < -0.39 is 0 Å². The van der Waals surface area contributed by atoms with Crippen molar-refractivity contribution in [2.75, 3.05) is 0 Å². The first-order valence-corrected chi connectivity index (χ1v) is 11.1. The Bertz CT molecular complexity index is 1090. The molecule has 0 saturated carbocycles. The summed E-state index contributed by atoms with van der Waals surface area (Å²) in [7, 11) is 0. The number of amides is 1. The van der Waals surface area contributed by atoms with Gasteiger partial charge in [-0.2, -0.15) is 5.10 Å². The van der Waals surface area contributed by atoms with Gasteiger partial charge in [0.15, 0.2) is 5.78 Å². The molecule has 1 N–H and O–H groups in total. The summed E-state index contributed by atoms with van der Waals surface area (Å²) in [5.41, 5.74) is 5.45. The lowest BCUT2D eigenvalue weighted by molar-refractivity contribution is -0.121. The Labute approximate surface area is 181 Å². The van der Waals surface area contributed by atoms with Crippen LogP contribution in [0.2, 0.25) is 0 Å². The van der Waals surface area contributed by atoms with Gasteiger partial charge >= 0.3 is 0 Å². The minimum atomic E-state index is -0.0682. The molecule has 1 amide bonds. The molecule has 4 rings (SSSR count). The van der Waals surface area contributed by atoms with Crippen LogP contribution in [-0.2, 0) is 17.6 Å². The molecule has 0 fully saturated rings. The number of hydrogen-bond acceptors (Lipinski definition) is 4. The van der Waals surface area contributed by atoms with Crippen LogP contribution in [0.15, 0.2) is 41.9 Å². The highest BCUT2D eigenvalue weighted by Gasteiger charge is 2.36. The fourth-order valence-electron chi connectivity index (χ4n) is 4.16. The molecular weight excluding hydrogens is 394 g/mol. The fourth-order valence-corrected chi connectivity index (χ4v) is 4.98. The standard InChI is InChI=1S/C24H27N3O2S/c1-15-5-7-18(8-6-15)27-21-12-24(3,4)11-20(19(21)13-25-27)26-23(29)10-17-9-22(16(2)28)30-14-17/h5-9,13-14,20H,10-12H2,1-4H3,(H,26,29)/t20-/m1/s1. The van der Waals surface area contributed by atoms with Gasteiger partial charge in [0.25, 0.3) is 0 Å². The van der Waals surface area contributed by atoms with Crippen molar-refractivity contribution in [3.8, 4) is 5.69 Å². The van der Waals surface area contributed by atoms with Crippen LogP contribution < -0.4 is 5.32 Å². The van der Waals surface area contributed by atoms with Crippen LogP contribution in [0.1, 0.15) is 65.3 Å². The number of nitrogens with zero attached hydrogens (tertiary/aromatic N) is 2. The van der Waals surface area contributed by atoms with Crippen LogP contribution >= 0.6 is 11.3 Å². The van der Waals surface area contributed by atoms with E-state index in [1.165, 1.54) is 16.9 Å². The maximum Gasteiger partial charge on any atom is 0.224 e. The van der Waals surface area contributed by atoms with Crippen molar-refractivity contribution in [3.05, 3.63) is 69.2 Å². The van der Waals surface area contributed by atoms with Gasteiger partial charge in [0, 0.05) is 5.56 Å². The van der Waals surface area contributed by atoms with Crippen LogP contribution in [0.25, 0.3) is 5.69 Å². The zero-order valence-corrected chi connectivity index (χ0v) is 18.7. The molecule has 30 heavy (non-hydrogen) atoms. The molecule has 1 atom stereocenters. The van der Waals surface area contributed by atoms with E-state index >= 15 is 0 Å². The highest BCUT2D eigenvalue weighted by molar-refractivity contribution is 7.12.